The molecule has 3 heterocycles. The number of anilines is 1. The zero-order valence-corrected chi connectivity index (χ0v) is 16.4. The second-order valence-corrected chi connectivity index (χ2v) is 6.93. The zero-order chi connectivity index (χ0) is 21.1. The lowest BCUT2D eigenvalue weighted by atomic mass is 10.2. The normalized spacial score (nSPS) is 13.9. The van der Waals surface area contributed by atoms with Crippen LogP contribution in [-0.2, 0) is 9.59 Å². The molecule has 0 radical (unpaired) electrons. The maximum atomic E-state index is 12.5. The Morgan fingerprint density at radius 1 is 0.933 bits per heavy atom. The van der Waals surface area contributed by atoms with E-state index in [4.69, 9.17) is 4.42 Å². The largest absolute Gasteiger partial charge is 0.456 e. The van der Waals surface area contributed by atoms with E-state index < -0.39 is 11.8 Å². The van der Waals surface area contributed by atoms with Crippen LogP contribution in [0.4, 0.5) is 5.82 Å². The molecule has 1 aliphatic heterocycles. The smallest absolute Gasteiger partial charge is 0.315 e. The van der Waals surface area contributed by atoms with Crippen LogP contribution in [0.2, 0.25) is 0 Å². The summed E-state index contributed by atoms with van der Waals surface area (Å²) < 4.78 is 6.98. The highest BCUT2D eigenvalue weighted by molar-refractivity contribution is 6.39. The highest BCUT2D eigenvalue weighted by atomic mass is 16.3. The van der Waals surface area contributed by atoms with Crippen molar-refractivity contribution in [3.8, 4) is 5.69 Å². The van der Waals surface area contributed by atoms with Gasteiger partial charge >= 0.3 is 11.8 Å². The van der Waals surface area contributed by atoms with Crippen LogP contribution in [-0.4, -0.2) is 63.5 Å². The van der Waals surface area contributed by atoms with E-state index in [1.807, 2.05) is 30.3 Å². The van der Waals surface area contributed by atoms with E-state index in [9.17, 15) is 14.4 Å². The first kappa shape index (κ1) is 19.4. The first-order valence-electron chi connectivity index (χ1n) is 9.58. The fraction of sp³-hybridized carbons (Fsp3) is 0.238. The van der Waals surface area contributed by atoms with E-state index in [0.29, 0.717) is 24.7 Å². The van der Waals surface area contributed by atoms with E-state index in [0.717, 1.165) is 5.69 Å². The number of para-hydroxylation sites is 1. The fourth-order valence-corrected chi connectivity index (χ4v) is 3.25. The maximum Gasteiger partial charge on any atom is 0.315 e. The van der Waals surface area contributed by atoms with Gasteiger partial charge in [-0.3, -0.25) is 14.4 Å². The first-order valence-corrected chi connectivity index (χ1v) is 9.58. The standard InChI is InChI=1S/C21H21N5O4/c1-15-7-8-17(30-15)20(28)24-11-13-25(14-12-24)21(29)19(27)22-18-9-10-26(23-18)16-5-3-2-4-6-16/h2-10H,11-14H2,1H3,(H,22,23,27). The highest BCUT2D eigenvalue weighted by Gasteiger charge is 2.29. The number of furan rings is 1. The van der Waals surface area contributed by atoms with Crippen molar-refractivity contribution in [2.24, 2.45) is 0 Å². The molecule has 0 saturated carbocycles. The number of aromatic nitrogens is 2. The lowest BCUT2D eigenvalue weighted by Gasteiger charge is -2.33. The Morgan fingerprint density at radius 2 is 1.63 bits per heavy atom. The predicted octanol–water partition coefficient (Wildman–Crippen LogP) is 1.70. The van der Waals surface area contributed by atoms with Crippen molar-refractivity contribution in [1.29, 1.82) is 0 Å². The number of amides is 3. The van der Waals surface area contributed by atoms with E-state index in [1.165, 1.54) is 4.90 Å². The molecule has 2 aromatic heterocycles. The molecule has 0 bridgehead atoms. The van der Waals surface area contributed by atoms with Gasteiger partial charge in [0.25, 0.3) is 5.91 Å². The van der Waals surface area contributed by atoms with E-state index >= 15 is 0 Å². The average molecular weight is 407 g/mol. The van der Waals surface area contributed by atoms with Gasteiger partial charge in [-0.2, -0.15) is 5.10 Å². The molecule has 0 spiro atoms. The van der Waals surface area contributed by atoms with Crippen LogP contribution in [0.15, 0.2) is 59.1 Å². The topological polar surface area (TPSA) is 101 Å². The molecule has 1 N–H and O–H groups in total. The van der Waals surface area contributed by atoms with E-state index in [-0.39, 0.29) is 24.8 Å². The van der Waals surface area contributed by atoms with Crippen LogP contribution in [0.1, 0.15) is 16.3 Å². The van der Waals surface area contributed by atoms with Crippen LogP contribution >= 0.6 is 0 Å². The molecule has 30 heavy (non-hydrogen) atoms. The number of benzene rings is 1. The number of carbonyl (C=O) groups is 3. The van der Waals surface area contributed by atoms with E-state index in [1.54, 1.807) is 40.9 Å². The lowest BCUT2D eigenvalue weighted by molar-refractivity contribution is -0.144. The molecule has 0 atom stereocenters. The van der Waals surface area contributed by atoms with Crippen LogP contribution in [0.5, 0.6) is 0 Å². The number of hydrogen-bond donors (Lipinski definition) is 1. The monoisotopic (exact) mass is 407 g/mol. The summed E-state index contributed by atoms with van der Waals surface area (Å²) in [5.41, 5.74) is 0.844. The Kier molecular flexibility index (Phi) is 5.34. The van der Waals surface area contributed by atoms with Gasteiger partial charge in [-0.1, -0.05) is 18.2 Å². The molecule has 3 aromatic rings. The quantitative estimate of drug-likeness (QED) is 0.666. The molecule has 1 aromatic carbocycles. The number of nitrogens with one attached hydrogen (secondary N) is 1. The van der Waals surface area contributed by atoms with E-state index in [2.05, 4.69) is 10.4 Å². The summed E-state index contributed by atoms with van der Waals surface area (Å²) in [6.07, 6.45) is 1.70. The van der Waals surface area contributed by atoms with Crippen LogP contribution in [0, 0.1) is 6.92 Å². The Labute approximate surface area is 172 Å². The summed E-state index contributed by atoms with van der Waals surface area (Å²) in [6.45, 7) is 2.99. The predicted molar refractivity (Wildman–Crippen MR) is 108 cm³/mol. The second-order valence-electron chi connectivity index (χ2n) is 6.93. The summed E-state index contributed by atoms with van der Waals surface area (Å²) in [6, 6.07) is 14.4. The third-order valence-electron chi connectivity index (χ3n) is 4.85. The minimum absolute atomic E-state index is 0.217. The van der Waals surface area contributed by atoms with Gasteiger partial charge in [-0.05, 0) is 31.2 Å². The summed E-state index contributed by atoms with van der Waals surface area (Å²) in [5.74, 6) is -0.386. The van der Waals surface area contributed by atoms with Gasteiger partial charge in [0.15, 0.2) is 11.6 Å². The van der Waals surface area contributed by atoms with Crippen LogP contribution in [0.3, 0.4) is 0 Å². The van der Waals surface area contributed by atoms with Gasteiger partial charge in [-0.15, -0.1) is 0 Å². The third kappa shape index (κ3) is 4.09. The summed E-state index contributed by atoms with van der Waals surface area (Å²) in [7, 11) is 0. The molecular formula is C21H21N5O4. The van der Waals surface area contributed by atoms with Crippen molar-refractivity contribution in [3.63, 3.8) is 0 Å². The molecule has 1 fully saturated rings. The Bertz CT molecular complexity index is 1060. The van der Waals surface area contributed by atoms with Gasteiger partial charge in [0.2, 0.25) is 0 Å². The van der Waals surface area contributed by atoms with Gasteiger partial charge in [0, 0.05) is 38.4 Å². The molecular weight excluding hydrogens is 386 g/mol. The van der Waals surface area contributed by atoms with Crippen molar-refractivity contribution in [1.82, 2.24) is 19.6 Å². The minimum Gasteiger partial charge on any atom is -0.456 e. The maximum absolute atomic E-state index is 12.5. The highest BCUT2D eigenvalue weighted by Crippen LogP contribution is 2.13. The van der Waals surface area contributed by atoms with Crippen molar-refractivity contribution in [2.45, 2.75) is 6.92 Å². The average Bonchev–Trinajstić information content (AvgIpc) is 3.42. The Morgan fingerprint density at radius 3 is 2.30 bits per heavy atom. The van der Waals surface area contributed by atoms with Crippen molar-refractivity contribution in [2.75, 3.05) is 31.5 Å². The number of rotatable bonds is 3. The Hall–Kier alpha value is -3.88. The first-order chi connectivity index (χ1) is 14.5. The molecule has 1 saturated heterocycles. The van der Waals surface area contributed by atoms with Crippen LogP contribution < -0.4 is 5.32 Å². The van der Waals surface area contributed by atoms with Crippen molar-refractivity contribution >= 4 is 23.5 Å². The summed E-state index contributed by atoms with van der Waals surface area (Å²) in [5, 5.41) is 6.80. The Balaban J connectivity index is 1.31. The minimum atomic E-state index is -0.755. The van der Waals surface area contributed by atoms with Gasteiger partial charge in [-0.25, -0.2) is 4.68 Å². The molecule has 9 nitrogen and oxygen atoms in total. The molecule has 3 amide bonds. The van der Waals surface area contributed by atoms with Crippen molar-refractivity contribution in [3.05, 3.63) is 66.2 Å². The fourth-order valence-electron chi connectivity index (χ4n) is 3.25. The number of aryl methyl sites for hydroxylation is 1. The molecule has 9 heteroatoms. The van der Waals surface area contributed by atoms with Gasteiger partial charge in [0.05, 0.1) is 5.69 Å². The van der Waals surface area contributed by atoms with Crippen molar-refractivity contribution < 1.29 is 18.8 Å². The number of hydrogen-bond acceptors (Lipinski definition) is 5. The number of carbonyl (C=O) groups excluding carboxylic acids is 3. The molecule has 1 aliphatic rings. The summed E-state index contributed by atoms with van der Waals surface area (Å²) >= 11 is 0. The number of piperazine rings is 1. The lowest BCUT2D eigenvalue weighted by Crippen LogP contribution is -2.53. The third-order valence-corrected chi connectivity index (χ3v) is 4.85. The summed E-state index contributed by atoms with van der Waals surface area (Å²) in [4.78, 5) is 40.3. The second kappa shape index (κ2) is 8.24. The molecule has 0 unspecified atom stereocenters. The van der Waals surface area contributed by atoms with Gasteiger partial charge < -0.3 is 19.5 Å². The SMILES string of the molecule is Cc1ccc(C(=O)N2CCN(C(=O)C(=O)Nc3ccn(-c4ccccc4)n3)CC2)o1. The number of nitrogens with zero attached hydrogens (tertiary/aromatic N) is 4. The molecule has 154 valence electrons. The molecule has 0 aliphatic carbocycles. The van der Waals surface area contributed by atoms with Crippen LogP contribution in [0.25, 0.3) is 5.69 Å². The molecule has 4 rings (SSSR count). The van der Waals surface area contributed by atoms with Gasteiger partial charge in [0.1, 0.15) is 5.76 Å². The zero-order valence-electron chi connectivity index (χ0n) is 16.4.